The topological polar surface area (TPSA) is 38.9 Å². The van der Waals surface area contributed by atoms with Crippen LogP contribution in [0, 0.1) is 6.92 Å². The summed E-state index contributed by atoms with van der Waals surface area (Å²) in [5.41, 5.74) is 2.49. The second-order valence-corrected chi connectivity index (χ2v) is 4.12. The van der Waals surface area contributed by atoms with Gasteiger partial charge in [-0.1, -0.05) is 41.9 Å². The van der Waals surface area contributed by atoms with Gasteiger partial charge < -0.3 is 4.42 Å². The van der Waals surface area contributed by atoms with Gasteiger partial charge >= 0.3 is 0 Å². The molecule has 0 radical (unpaired) electrons. The van der Waals surface area contributed by atoms with Crippen LogP contribution in [0.3, 0.4) is 0 Å². The van der Waals surface area contributed by atoms with Crippen LogP contribution in [-0.4, -0.2) is 9.97 Å². The van der Waals surface area contributed by atoms with Crippen molar-refractivity contribution >= 4 is 22.7 Å². The third kappa shape index (κ3) is 1.68. The van der Waals surface area contributed by atoms with Gasteiger partial charge in [0.2, 0.25) is 5.71 Å². The van der Waals surface area contributed by atoms with Crippen LogP contribution in [0.1, 0.15) is 5.82 Å². The van der Waals surface area contributed by atoms with E-state index in [1.807, 2.05) is 30.3 Å². The lowest BCUT2D eigenvalue weighted by molar-refractivity contribution is 0.602. The van der Waals surface area contributed by atoms with Gasteiger partial charge in [-0.15, -0.1) is 0 Å². The number of hydrogen-bond acceptors (Lipinski definition) is 3. The first-order valence-corrected chi connectivity index (χ1v) is 5.60. The van der Waals surface area contributed by atoms with E-state index in [4.69, 9.17) is 16.0 Å². The van der Waals surface area contributed by atoms with E-state index >= 15 is 0 Å². The van der Waals surface area contributed by atoms with Gasteiger partial charge in [-0.2, -0.15) is 4.98 Å². The van der Waals surface area contributed by atoms with Crippen molar-refractivity contribution in [2.75, 3.05) is 0 Å². The largest absolute Gasteiger partial charge is 0.445 e. The predicted molar refractivity (Wildman–Crippen MR) is 67.0 cm³/mol. The first-order chi connectivity index (χ1) is 8.25. The lowest BCUT2D eigenvalue weighted by Crippen LogP contribution is -1.88. The summed E-state index contributed by atoms with van der Waals surface area (Å²) in [6.07, 6.45) is 1.67. The molecule has 0 saturated carbocycles. The fraction of sp³-hybridized carbons (Fsp3) is 0.0769. The fourth-order valence-electron chi connectivity index (χ4n) is 1.83. The van der Waals surface area contributed by atoms with Gasteiger partial charge in [-0.3, -0.25) is 0 Å². The Morgan fingerprint density at radius 1 is 1.12 bits per heavy atom. The Hall–Kier alpha value is -1.87. The van der Waals surface area contributed by atoms with Crippen molar-refractivity contribution in [2.45, 2.75) is 6.92 Å². The minimum Gasteiger partial charge on any atom is -0.445 e. The minimum absolute atomic E-state index is 0.431. The van der Waals surface area contributed by atoms with E-state index < -0.39 is 0 Å². The zero-order valence-electron chi connectivity index (χ0n) is 9.14. The number of fused-ring (bicyclic) bond motifs is 1. The highest BCUT2D eigenvalue weighted by atomic mass is 35.5. The number of aryl methyl sites for hydroxylation is 1. The maximum Gasteiger partial charge on any atom is 0.231 e. The van der Waals surface area contributed by atoms with Crippen molar-refractivity contribution in [1.29, 1.82) is 0 Å². The summed E-state index contributed by atoms with van der Waals surface area (Å²) >= 11 is 6.15. The van der Waals surface area contributed by atoms with E-state index in [2.05, 4.69) is 9.97 Å². The van der Waals surface area contributed by atoms with E-state index in [9.17, 15) is 0 Å². The second kappa shape index (κ2) is 3.86. The van der Waals surface area contributed by atoms with Crippen molar-refractivity contribution in [3.05, 3.63) is 47.6 Å². The molecule has 1 aromatic carbocycles. The summed E-state index contributed by atoms with van der Waals surface area (Å²) in [6, 6.07) is 9.91. The molecule has 0 aliphatic rings. The molecular formula is C13H9ClN2O. The summed E-state index contributed by atoms with van der Waals surface area (Å²) in [5.74, 6) is 0.608. The summed E-state index contributed by atoms with van der Waals surface area (Å²) in [5, 5.41) is 1.20. The van der Waals surface area contributed by atoms with E-state index in [0.717, 1.165) is 16.5 Å². The minimum atomic E-state index is 0.431. The summed E-state index contributed by atoms with van der Waals surface area (Å²) in [4.78, 5) is 8.37. The summed E-state index contributed by atoms with van der Waals surface area (Å²) in [6.45, 7) is 1.79. The molecule has 0 aliphatic heterocycles. The first kappa shape index (κ1) is 10.3. The Labute approximate surface area is 103 Å². The predicted octanol–water partition coefficient (Wildman–Crippen LogP) is 3.85. The van der Waals surface area contributed by atoms with Crippen molar-refractivity contribution in [3.8, 4) is 11.1 Å². The molecule has 0 aliphatic carbocycles. The SMILES string of the molecule is Cc1nc(Cl)c2c(-c3ccccc3)coc2n1. The van der Waals surface area contributed by atoms with Crippen LogP contribution in [-0.2, 0) is 0 Å². The van der Waals surface area contributed by atoms with E-state index in [-0.39, 0.29) is 0 Å². The maximum absolute atomic E-state index is 6.15. The molecular weight excluding hydrogens is 236 g/mol. The second-order valence-electron chi connectivity index (χ2n) is 3.76. The lowest BCUT2D eigenvalue weighted by Gasteiger charge is -1.99. The molecule has 4 heteroatoms. The monoisotopic (exact) mass is 244 g/mol. The number of aromatic nitrogens is 2. The van der Waals surface area contributed by atoms with E-state index in [1.54, 1.807) is 13.2 Å². The van der Waals surface area contributed by atoms with Crippen LogP contribution in [0.25, 0.3) is 22.2 Å². The number of benzene rings is 1. The molecule has 3 nitrogen and oxygen atoms in total. The highest BCUT2D eigenvalue weighted by molar-refractivity contribution is 6.35. The normalized spacial score (nSPS) is 10.9. The van der Waals surface area contributed by atoms with Gasteiger partial charge in [0, 0.05) is 5.56 Å². The third-order valence-corrected chi connectivity index (χ3v) is 2.86. The molecule has 0 bridgehead atoms. The molecule has 3 aromatic rings. The number of halogens is 1. The Balaban J connectivity index is 2.32. The van der Waals surface area contributed by atoms with Gasteiger partial charge in [-0.05, 0) is 12.5 Å². The van der Waals surface area contributed by atoms with Gasteiger partial charge in [0.25, 0.3) is 0 Å². The Kier molecular flexibility index (Phi) is 2.34. The first-order valence-electron chi connectivity index (χ1n) is 5.22. The van der Waals surface area contributed by atoms with Crippen LogP contribution in [0.5, 0.6) is 0 Å². The molecule has 0 saturated heterocycles. The van der Waals surface area contributed by atoms with Crippen LogP contribution in [0.15, 0.2) is 41.0 Å². The molecule has 2 heterocycles. The average molecular weight is 245 g/mol. The molecule has 2 aromatic heterocycles. The Bertz CT molecular complexity index is 676. The molecule has 0 N–H and O–H groups in total. The summed E-state index contributed by atoms with van der Waals surface area (Å²) < 4.78 is 5.43. The number of furan rings is 1. The van der Waals surface area contributed by atoms with Gasteiger partial charge in [0.1, 0.15) is 17.2 Å². The summed E-state index contributed by atoms with van der Waals surface area (Å²) in [7, 11) is 0. The van der Waals surface area contributed by atoms with Crippen molar-refractivity contribution in [1.82, 2.24) is 9.97 Å². The molecule has 0 amide bonds. The molecule has 84 valence electrons. The Morgan fingerprint density at radius 2 is 1.88 bits per heavy atom. The van der Waals surface area contributed by atoms with Gasteiger partial charge in [0.05, 0.1) is 5.39 Å². The van der Waals surface area contributed by atoms with E-state index in [0.29, 0.717) is 16.7 Å². The van der Waals surface area contributed by atoms with Crippen LogP contribution in [0.4, 0.5) is 0 Å². The highest BCUT2D eigenvalue weighted by Gasteiger charge is 2.14. The number of hydrogen-bond donors (Lipinski definition) is 0. The molecule has 0 spiro atoms. The lowest BCUT2D eigenvalue weighted by atomic mass is 10.1. The van der Waals surface area contributed by atoms with Gasteiger partial charge in [0.15, 0.2) is 0 Å². The van der Waals surface area contributed by atoms with Crippen LogP contribution >= 0.6 is 11.6 Å². The molecule has 17 heavy (non-hydrogen) atoms. The standard InChI is InChI=1S/C13H9ClN2O/c1-8-15-12(14)11-10(7-17-13(11)16-8)9-5-3-2-4-6-9/h2-7H,1H3. The van der Waals surface area contributed by atoms with E-state index in [1.165, 1.54) is 0 Å². The number of nitrogens with zero attached hydrogens (tertiary/aromatic N) is 2. The average Bonchev–Trinajstić information content (AvgIpc) is 2.74. The van der Waals surface area contributed by atoms with Crippen molar-refractivity contribution in [2.24, 2.45) is 0 Å². The smallest absolute Gasteiger partial charge is 0.231 e. The van der Waals surface area contributed by atoms with Crippen LogP contribution < -0.4 is 0 Å². The third-order valence-electron chi connectivity index (χ3n) is 2.59. The zero-order chi connectivity index (χ0) is 11.8. The van der Waals surface area contributed by atoms with Crippen molar-refractivity contribution in [3.63, 3.8) is 0 Å². The van der Waals surface area contributed by atoms with Gasteiger partial charge in [-0.25, -0.2) is 4.98 Å². The van der Waals surface area contributed by atoms with Crippen molar-refractivity contribution < 1.29 is 4.42 Å². The van der Waals surface area contributed by atoms with Crippen LogP contribution in [0.2, 0.25) is 5.15 Å². The Morgan fingerprint density at radius 3 is 2.65 bits per heavy atom. The highest BCUT2D eigenvalue weighted by Crippen LogP contribution is 2.33. The number of rotatable bonds is 1. The fourth-order valence-corrected chi connectivity index (χ4v) is 2.13. The molecule has 0 unspecified atom stereocenters. The quantitative estimate of drug-likeness (QED) is 0.611. The molecule has 3 rings (SSSR count). The zero-order valence-corrected chi connectivity index (χ0v) is 9.90. The maximum atomic E-state index is 6.15. The molecule has 0 fully saturated rings. The molecule has 0 atom stereocenters.